The molecular formula is C14H14. The summed E-state index contributed by atoms with van der Waals surface area (Å²) in [6, 6.07) is 10.2. The molecule has 1 atom stereocenters. The van der Waals surface area contributed by atoms with Crippen molar-refractivity contribution >= 4 is 0 Å². The van der Waals surface area contributed by atoms with E-state index in [4.69, 9.17) is 0 Å². The van der Waals surface area contributed by atoms with Crippen LogP contribution < -0.4 is 0 Å². The van der Waals surface area contributed by atoms with Crippen LogP contribution >= 0.6 is 0 Å². The summed E-state index contributed by atoms with van der Waals surface area (Å²) in [5, 5.41) is 0. The van der Waals surface area contributed by atoms with Crippen LogP contribution in [0.25, 0.3) is 0 Å². The highest BCUT2D eigenvalue weighted by Crippen LogP contribution is 2.15. The number of benzene rings is 1. The molecule has 0 spiro atoms. The molecule has 0 radical (unpaired) electrons. The summed E-state index contributed by atoms with van der Waals surface area (Å²) in [5.74, 6) is 6.99. The second kappa shape index (κ2) is 4.67. The van der Waals surface area contributed by atoms with E-state index in [-0.39, 0.29) is 0 Å². The van der Waals surface area contributed by atoms with Crippen LogP contribution in [0.1, 0.15) is 24.8 Å². The Kier molecular flexibility index (Phi) is 3.03. The lowest BCUT2D eigenvalue weighted by Gasteiger charge is -2.08. The van der Waals surface area contributed by atoms with Gasteiger partial charge in [0.05, 0.1) is 0 Å². The first-order valence-electron chi connectivity index (χ1n) is 5.18. The monoisotopic (exact) mass is 182 g/mol. The van der Waals surface area contributed by atoms with Crippen LogP contribution in [0.4, 0.5) is 0 Å². The third kappa shape index (κ3) is 2.50. The van der Waals surface area contributed by atoms with Crippen molar-refractivity contribution < 1.29 is 0 Å². The lowest BCUT2D eigenvalue weighted by atomic mass is 9.96. The molecule has 0 aromatic heterocycles. The zero-order valence-corrected chi connectivity index (χ0v) is 8.24. The Morgan fingerprint density at radius 2 is 2.00 bits per heavy atom. The number of hydrogen-bond acceptors (Lipinski definition) is 0. The number of hydrogen-bond donors (Lipinski definition) is 0. The van der Waals surface area contributed by atoms with Gasteiger partial charge in [0.2, 0.25) is 0 Å². The second-order valence-electron chi connectivity index (χ2n) is 3.60. The summed E-state index contributed by atoms with van der Waals surface area (Å²) >= 11 is 0. The summed E-state index contributed by atoms with van der Waals surface area (Å²) in [4.78, 5) is 0. The first-order valence-corrected chi connectivity index (χ1v) is 5.18. The fraction of sp³-hybridized carbons (Fsp3) is 0.286. The molecular weight excluding hydrogens is 168 g/mol. The van der Waals surface area contributed by atoms with Crippen LogP contribution in [0.5, 0.6) is 0 Å². The molecule has 0 saturated heterocycles. The molecule has 0 bridgehead atoms. The Morgan fingerprint density at radius 3 is 2.71 bits per heavy atom. The fourth-order valence-corrected chi connectivity index (χ4v) is 1.63. The van der Waals surface area contributed by atoms with Gasteiger partial charge in [-0.3, -0.25) is 0 Å². The molecule has 0 N–H and O–H groups in total. The first kappa shape index (κ1) is 9.09. The van der Waals surface area contributed by atoms with Gasteiger partial charge in [-0.05, 0) is 31.4 Å². The minimum absolute atomic E-state index is 0.476. The third-order valence-electron chi connectivity index (χ3n) is 2.43. The van der Waals surface area contributed by atoms with Gasteiger partial charge in [0, 0.05) is 11.5 Å². The van der Waals surface area contributed by atoms with Gasteiger partial charge in [0.1, 0.15) is 0 Å². The van der Waals surface area contributed by atoms with E-state index in [2.05, 4.69) is 36.1 Å². The average Bonchev–Trinajstić information content (AvgIpc) is 2.29. The normalized spacial score (nSPS) is 19.9. The summed E-state index contributed by atoms with van der Waals surface area (Å²) in [6.45, 7) is 0. The molecule has 2 rings (SSSR count). The molecule has 14 heavy (non-hydrogen) atoms. The highest BCUT2D eigenvalue weighted by Gasteiger charge is 2.03. The number of allylic oxidation sites excluding steroid dienone is 2. The van der Waals surface area contributed by atoms with E-state index in [1.54, 1.807) is 0 Å². The fourth-order valence-electron chi connectivity index (χ4n) is 1.63. The van der Waals surface area contributed by atoms with Gasteiger partial charge in [-0.2, -0.15) is 0 Å². The molecule has 1 aliphatic carbocycles. The van der Waals surface area contributed by atoms with Crippen LogP contribution in [0.15, 0.2) is 42.5 Å². The van der Waals surface area contributed by atoms with E-state index in [0.29, 0.717) is 5.92 Å². The molecule has 0 amide bonds. The molecule has 0 nitrogen and oxygen atoms in total. The zero-order chi connectivity index (χ0) is 9.64. The molecule has 0 aliphatic heterocycles. The predicted octanol–water partition coefficient (Wildman–Crippen LogP) is 3.39. The van der Waals surface area contributed by atoms with Crippen LogP contribution in [0.3, 0.4) is 0 Å². The van der Waals surface area contributed by atoms with Crippen molar-refractivity contribution in [1.82, 2.24) is 0 Å². The maximum atomic E-state index is 3.30. The Morgan fingerprint density at radius 1 is 1.14 bits per heavy atom. The van der Waals surface area contributed by atoms with E-state index < -0.39 is 0 Å². The minimum Gasteiger partial charge on any atom is -0.0903 e. The highest BCUT2D eigenvalue weighted by atomic mass is 14.1. The minimum atomic E-state index is 0.476. The Labute approximate surface area is 85.7 Å². The smallest absolute Gasteiger partial charge is 0.0386 e. The quantitative estimate of drug-likeness (QED) is 0.426. The molecule has 0 heterocycles. The van der Waals surface area contributed by atoms with Crippen molar-refractivity contribution in [2.24, 2.45) is 5.92 Å². The SMILES string of the molecule is C(#C[C@@H]1C=CCCC1)c1ccccc1. The lowest BCUT2D eigenvalue weighted by Crippen LogP contribution is -1.96. The maximum Gasteiger partial charge on any atom is 0.0386 e. The number of rotatable bonds is 0. The molecule has 0 fully saturated rings. The van der Waals surface area contributed by atoms with Crippen LogP contribution in [0, 0.1) is 17.8 Å². The lowest BCUT2D eigenvalue weighted by molar-refractivity contribution is 0.645. The van der Waals surface area contributed by atoms with Gasteiger partial charge in [0.25, 0.3) is 0 Å². The summed E-state index contributed by atoms with van der Waals surface area (Å²) in [7, 11) is 0. The van der Waals surface area contributed by atoms with Gasteiger partial charge >= 0.3 is 0 Å². The van der Waals surface area contributed by atoms with Gasteiger partial charge in [0.15, 0.2) is 0 Å². The van der Waals surface area contributed by atoms with Crippen molar-refractivity contribution in [3.05, 3.63) is 48.0 Å². The van der Waals surface area contributed by atoms with E-state index in [1.165, 1.54) is 19.3 Å². The first-order chi connectivity index (χ1) is 6.95. The van der Waals surface area contributed by atoms with E-state index in [0.717, 1.165) is 5.56 Å². The van der Waals surface area contributed by atoms with Crippen molar-refractivity contribution in [2.75, 3.05) is 0 Å². The van der Waals surface area contributed by atoms with Crippen LogP contribution in [-0.4, -0.2) is 0 Å². The largest absolute Gasteiger partial charge is 0.0903 e. The van der Waals surface area contributed by atoms with E-state index in [9.17, 15) is 0 Å². The summed E-state index contributed by atoms with van der Waals surface area (Å²) in [6.07, 6.45) is 8.21. The zero-order valence-electron chi connectivity index (χ0n) is 8.24. The molecule has 0 unspecified atom stereocenters. The van der Waals surface area contributed by atoms with Gasteiger partial charge < -0.3 is 0 Å². The molecule has 1 aromatic rings. The molecule has 0 heteroatoms. The standard InChI is InChI=1S/C14H14/c1-3-7-13(8-4-1)11-12-14-9-5-2-6-10-14/h1,3-5,7-9,14H,2,6,10H2/t14-/m1/s1. The van der Waals surface area contributed by atoms with Crippen LogP contribution in [-0.2, 0) is 0 Å². The Hall–Kier alpha value is -1.48. The van der Waals surface area contributed by atoms with Gasteiger partial charge in [-0.15, -0.1) is 0 Å². The summed E-state index contributed by atoms with van der Waals surface area (Å²) in [5.41, 5.74) is 1.12. The average molecular weight is 182 g/mol. The second-order valence-corrected chi connectivity index (χ2v) is 3.60. The van der Waals surface area contributed by atoms with Crippen molar-refractivity contribution in [2.45, 2.75) is 19.3 Å². The molecule has 1 aliphatic rings. The molecule has 1 aromatic carbocycles. The predicted molar refractivity (Wildman–Crippen MR) is 59.8 cm³/mol. The van der Waals surface area contributed by atoms with Crippen molar-refractivity contribution in [3.63, 3.8) is 0 Å². The summed E-state index contributed by atoms with van der Waals surface area (Å²) < 4.78 is 0. The highest BCUT2D eigenvalue weighted by molar-refractivity contribution is 5.34. The Bertz CT molecular complexity index is 362. The van der Waals surface area contributed by atoms with Gasteiger partial charge in [-0.1, -0.05) is 42.2 Å². The Balaban J connectivity index is 2.06. The third-order valence-corrected chi connectivity index (χ3v) is 2.43. The topological polar surface area (TPSA) is 0 Å². The molecule has 70 valence electrons. The van der Waals surface area contributed by atoms with Crippen LogP contribution in [0.2, 0.25) is 0 Å². The van der Waals surface area contributed by atoms with Crippen molar-refractivity contribution in [3.8, 4) is 11.8 Å². The van der Waals surface area contributed by atoms with E-state index in [1.807, 2.05) is 18.2 Å². The van der Waals surface area contributed by atoms with Crippen molar-refractivity contribution in [1.29, 1.82) is 0 Å². The van der Waals surface area contributed by atoms with E-state index >= 15 is 0 Å². The maximum absolute atomic E-state index is 3.30. The van der Waals surface area contributed by atoms with Gasteiger partial charge in [-0.25, -0.2) is 0 Å². The molecule has 0 saturated carbocycles.